The fraction of sp³-hybridized carbons (Fsp3) is 0. The first-order chi connectivity index (χ1) is 12.1. The number of anilines is 2. The van der Waals surface area contributed by atoms with E-state index < -0.39 is 0 Å². The minimum atomic E-state index is -0.287. The van der Waals surface area contributed by atoms with Crippen LogP contribution in [0.2, 0.25) is 5.02 Å². The Morgan fingerprint density at radius 2 is 1.56 bits per heavy atom. The van der Waals surface area contributed by atoms with E-state index in [1.807, 2.05) is 6.07 Å². The van der Waals surface area contributed by atoms with E-state index in [1.54, 1.807) is 60.8 Å². The molecule has 6 heteroatoms. The van der Waals surface area contributed by atoms with E-state index in [0.717, 1.165) is 0 Å². The molecule has 0 saturated heterocycles. The SMILES string of the molecule is O=C(Nc1ccc(NC(=O)c2ccccc2)c(Cl)c1)c1cccnc1. The molecule has 25 heavy (non-hydrogen) atoms. The summed E-state index contributed by atoms with van der Waals surface area (Å²) in [6, 6.07) is 17.1. The summed E-state index contributed by atoms with van der Waals surface area (Å²) < 4.78 is 0. The van der Waals surface area contributed by atoms with Gasteiger partial charge in [-0.15, -0.1) is 0 Å². The summed E-state index contributed by atoms with van der Waals surface area (Å²) in [7, 11) is 0. The van der Waals surface area contributed by atoms with Crippen LogP contribution in [0.25, 0.3) is 0 Å². The zero-order chi connectivity index (χ0) is 17.6. The lowest BCUT2D eigenvalue weighted by atomic mass is 10.2. The van der Waals surface area contributed by atoms with E-state index in [9.17, 15) is 9.59 Å². The minimum absolute atomic E-state index is 0.255. The molecule has 0 unspecified atom stereocenters. The summed E-state index contributed by atoms with van der Waals surface area (Å²) in [6.45, 7) is 0. The van der Waals surface area contributed by atoms with Crippen LogP contribution in [0, 0.1) is 0 Å². The number of benzene rings is 2. The summed E-state index contributed by atoms with van der Waals surface area (Å²) in [4.78, 5) is 28.2. The predicted octanol–water partition coefficient (Wildman–Crippen LogP) is 4.24. The van der Waals surface area contributed by atoms with Crippen LogP contribution < -0.4 is 10.6 Å². The molecule has 0 bridgehead atoms. The molecular formula is C19H14ClN3O2. The van der Waals surface area contributed by atoms with Gasteiger partial charge in [0.15, 0.2) is 0 Å². The van der Waals surface area contributed by atoms with Crippen LogP contribution in [-0.2, 0) is 0 Å². The van der Waals surface area contributed by atoms with Crippen molar-refractivity contribution in [1.82, 2.24) is 4.98 Å². The molecule has 1 aromatic heterocycles. The highest BCUT2D eigenvalue weighted by Crippen LogP contribution is 2.26. The number of nitrogens with one attached hydrogen (secondary N) is 2. The number of hydrogen-bond acceptors (Lipinski definition) is 3. The Bertz CT molecular complexity index is 899. The van der Waals surface area contributed by atoms with Crippen LogP contribution in [0.4, 0.5) is 11.4 Å². The molecule has 0 aliphatic rings. The van der Waals surface area contributed by atoms with E-state index in [2.05, 4.69) is 15.6 Å². The van der Waals surface area contributed by atoms with Crippen LogP contribution >= 0.6 is 11.6 Å². The number of amides is 2. The number of carbonyl (C=O) groups excluding carboxylic acids is 2. The van der Waals surface area contributed by atoms with Crippen molar-refractivity contribution in [2.45, 2.75) is 0 Å². The zero-order valence-electron chi connectivity index (χ0n) is 13.1. The number of aromatic nitrogens is 1. The lowest BCUT2D eigenvalue weighted by molar-refractivity contribution is 0.101. The average Bonchev–Trinajstić information content (AvgIpc) is 2.65. The Kier molecular flexibility index (Phi) is 5.06. The summed E-state index contributed by atoms with van der Waals surface area (Å²) in [6.07, 6.45) is 3.07. The van der Waals surface area contributed by atoms with Gasteiger partial charge >= 0.3 is 0 Å². The molecule has 2 aromatic carbocycles. The van der Waals surface area contributed by atoms with Crippen molar-refractivity contribution >= 4 is 34.8 Å². The summed E-state index contributed by atoms with van der Waals surface area (Å²) in [5.74, 6) is -0.542. The van der Waals surface area contributed by atoms with Crippen molar-refractivity contribution in [1.29, 1.82) is 0 Å². The van der Waals surface area contributed by atoms with Gasteiger partial charge in [0.1, 0.15) is 0 Å². The van der Waals surface area contributed by atoms with Crippen LogP contribution in [0.3, 0.4) is 0 Å². The van der Waals surface area contributed by atoms with Crippen LogP contribution in [0.1, 0.15) is 20.7 Å². The van der Waals surface area contributed by atoms with Gasteiger partial charge in [0.05, 0.1) is 16.3 Å². The molecule has 0 aliphatic heterocycles. The van der Waals surface area contributed by atoms with Crippen molar-refractivity contribution in [2.24, 2.45) is 0 Å². The quantitative estimate of drug-likeness (QED) is 0.738. The van der Waals surface area contributed by atoms with Crippen molar-refractivity contribution in [3.8, 4) is 0 Å². The predicted molar refractivity (Wildman–Crippen MR) is 98.0 cm³/mol. The summed E-state index contributed by atoms with van der Waals surface area (Å²) in [5.41, 5.74) is 1.97. The molecule has 0 spiro atoms. The molecule has 0 saturated carbocycles. The molecule has 0 atom stereocenters. The Morgan fingerprint density at radius 1 is 0.840 bits per heavy atom. The fourth-order valence-corrected chi connectivity index (χ4v) is 2.41. The van der Waals surface area contributed by atoms with E-state index in [0.29, 0.717) is 27.5 Å². The Balaban J connectivity index is 1.71. The molecule has 2 amide bonds. The Hall–Kier alpha value is -3.18. The molecule has 3 aromatic rings. The van der Waals surface area contributed by atoms with E-state index in [1.165, 1.54) is 6.20 Å². The first-order valence-corrected chi connectivity index (χ1v) is 7.88. The number of halogens is 1. The third kappa shape index (κ3) is 4.22. The number of rotatable bonds is 4. The molecule has 5 nitrogen and oxygen atoms in total. The van der Waals surface area contributed by atoms with Crippen LogP contribution in [0.15, 0.2) is 73.1 Å². The number of nitrogens with zero attached hydrogens (tertiary/aromatic N) is 1. The monoisotopic (exact) mass is 351 g/mol. The molecule has 3 rings (SSSR count). The third-order valence-electron chi connectivity index (χ3n) is 3.43. The molecule has 1 heterocycles. The maximum atomic E-state index is 12.2. The lowest BCUT2D eigenvalue weighted by Crippen LogP contribution is -2.13. The van der Waals surface area contributed by atoms with Gasteiger partial charge in [-0.05, 0) is 42.5 Å². The van der Waals surface area contributed by atoms with Gasteiger partial charge in [0, 0.05) is 23.6 Å². The standard InChI is InChI=1S/C19H14ClN3O2/c20-16-11-15(22-19(25)14-7-4-10-21-12-14)8-9-17(16)23-18(24)13-5-2-1-3-6-13/h1-12H,(H,22,25)(H,23,24). The van der Waals surface area contributed by atoms with Crippen molar-refractivity contribution in [2.75, 3.05) is 10.6 Å². The van der Waals surface area contributed by atoms with Crippen LogP contribution in [-0.4, -0.2) is 16.8 Å². The second-order valence-corrected chi connectivity index (χ2v) is 5.62. The molecule has 124 valence electrons. The molecule has 0 radical (unpaired) electrons. The molecule has 0 fully saturated rings. The smallest absolute Gasteiger partial charge is 0.257 e. The topological polar surface area (TPSA) is 71.1 Å². The maximum Gasteiger partial charge on any atom is 0.257 e. The summed E-state index contributed by atoms with van der Waals surface area (Å²) in [5, 5.41) is 5.81. The largest absolute Gasteiger partial charge is 0.322 e. The van der Waals surface area contributed by atoms with Gasteiger partial charge in [-0.3, -0.25) is 14.6 Å². The highest BCUT2D eigenvalue weighted by atomic mass is 35.5. The first kappa shape index (κ1) is 16.7. The van der Waals surface area contributed by atoms with Crippen molar-refractivity contribution in [3.63, 3.8) is 0 Å². The number of pyridine rings is 1. The van der Waals surface area contributed by atoms with Crippen LogP contribution in [0.5, 0.6) is 0 Å². The van der Waals surface area contributed by atoms with E-state index in [-0.39, 0.29) is 11.8 Å². The van der Waals surface area contributed by atoms with Gasteiger partial charge < -0.3 is 10.6 Å². The van der Waals surface area contributed by atoms with E-state index in [4.69, 9.17) is 11.6 Å². The highest BCUT2D eigenvalue weighted by Gasteiger charge is 2.10. The normalized spacial score (nSPS) is 10.1. The van der Waals surface area contributed by atoms with Gasteiger partial charge in [-0.2, -0.15) is 0 Å². The number of hydrogen-bond donors (Lipinski definition) is 2. The maximum absolute atomic E-state index is 12.2. The first-order valence-electron chi connectivity index (χ1n) is 7.51. The second kappa shape index (κ2) is 7.59. The lowest BCUT2D eigenvalue weighted by Gasteiger charge is -2.10. The average molecular weight is 352 g/mol. The highest BCUT2D eigenvalue weighted by molar-refractivity contribution is 6.34. The minimum Gasteiger partial charge on any atom is -0.322 e. The second-order valence-electron chi connectivity index (χ2n) is 5.21. The van der Waals surface area contributed by atoms with Gasteiger partial charge in [0.25, 0.3) is 11.8 Å². The van der Waals surface area contributed by atoms with Gasteiger partial charge in [-0.25, -0.2) is 0 Å². The van der Waals surface area contributed by atoms with Crippen molar-refractivity contribution in [3.05, 3.63) is 89.2 Å². The zero-order valence-corrected chi connectivity index (χ0v) is 13.8. The van der Waals surface area contributed by atoms with Gasteiger partial charge in [0.2, 0.25) is 0 Å². The fourth-order valence-electron chi connectivity index (χ4n) is 2.18. The molecular weight excluding hydrogens is 338 g/mol. The van der Waals surface area contributed by atoms with E-state index >= 15 is 0 Å². The Morgan fingerprint density at radius 3 is 2.24 bits per heavy atom. The molecule has 2 N–H and O–H groups in total. The Labute approximate surface area is 149 Å². The third-order valence-corrected chi connectivity index (χ3v) is 3.75. The summed E-state index contributed by atoms with van der Waals surface area (Å²) >= 11 is 6.21. The van der Waals surface area contributed by atoms with Gasteiger partial charge in [-0.1, -0.05) is 29.8 Å². The molecule has 0 aliphatic carbocycles. The number of carbonyl (C=O) groups is 2. The van der Waals surface area contributed by atoms with Crippen molar-refractivity contribution < 1.29 is 9.59 Å².